The van der Waals surface area contributed by atoms with Gasteiger partial charge in [0.2, 0.25) is 0 Å². The van der Waals surface area contributed by atoms with Gasteiger partial charge in [-0.1, -0.05) is 6.92 Å². The predicted molar refractivity (Wildman–Crippen MR) is 52.6 cm³/mol. The highest BCUT2D eigenvalue weighted by molar-refractivity contribution is 5.85. The summed E-state index contributed by atoms with van der Waals surface area (Å²) < 4.78 is 0. The largest absolute Gasteiger partial charge is 0.374 e. The van der Waals surface area contributed by atoms with Crippen molar-refractivity contribution in [3.05, 3.63) is 0 Å². The van der Waals surface area contributed by atoms with Crippen LogP contribution in [0.25, 0.3) is 0 Å². The van der Waals surface area contributed by atoms with Crippen molar-refractivity contribution in [2.45, 2.75) is 38.8 Å². The molecule has 0 radical (unpaired) electrons. The van der Waals surface area contributed by atoms with Crippen molar-refractivity contribution in [1.82, 2.24) is 4.90 Å². The molecule has 0 spiro atoms. The number of hydrogen-bond acceptors (Lipinski definition) is 3. The summed E-state index contributed by atoms with van der Waals surface area (Å²) in [6, 6.07) is 0. The maximum atomic E-state index is 9.85. The van der Waals surface area contributed by atoms with Crippen molar-refractivity contribution in [2.75, 3.05) is 13.1 Å². The van der Waals surface area contributed by atoms with Crippen LogP contribution in [0.2, 0.25) is 0 Å². The summed E-state index contributed by atoms with van der Waals surface area (Å²) in [5, 5.41) is 9.85. The van der Waals surface area contributed by atoms with Gasteiger partial charge in [-0.3, -0.25) is 4.99 Å². The van der Waals surface area contributed by atoms with Gasteiger partial charge in [0.25, 0.3) is 0 Å². The molecule has 2 atom stereocenters. The third-order valence-corrected chi connectivity index (χ3v) is 3.03. The van der Waals surface area contributed by atoms with Gasteiger partial charge >= 0.3 is 0 Å². The summed E-state index contributed by atoms with van der Waals surface area (Å²) >= 11 is 0. The molecule has 0 aromatic rings. The smallest absolute Gasteiger partial charge is 0.127 e. The van der Waals surface area contributed by atoms with E-state index in [2.05, 4.69) is 16.8 Å². The Morgan fingerprint density at radius 2 is 2.23 bits per heavy atom. The van der Waals surface area contributed by atoms with Crippen LogP contribution in [0.1, 0.15) is 32.6 Å². The normalized spacial score (nSPS) is 34.9. The molecular formula is C10H18N2O. The van der Waals surface area contributed by atoms with E-state index < -0.39 is 0 Å². The molecule has 13 heavy (non-hydrogen) atoms. The number of aliphatic imine (C=N–C) groups is 1. The first-order chi connectivity index (χ1) is 6.29. The monoisotopic (exact) mass is 182 g/mol. The fraction of sp³-hybridized carbons (Fsp3) is 0.900. The van der Waals surface area contributed by atoms with E-state index in [4.69, 9.17) is 0 Å². The van der Waals surface area contributed by atoms with Gasteiger partial charge < -0.3 is 10.0 Å². The molecule has 2 rings (SSSR count). The van der Waals surface area contributed by atoms with Gasteiger partial charge in [-0.2, -0.15) is 0 Å². The zero-order valence-electron chi connectivity index (χ0n) is 8.24. The highest BCUT2D eigenvalue weighted by atomic mass is 16.3. The molecule has 0 amide bonds. The Kier molecular flexibility index (Phi) is 2.54. The minimum atomic E-state index is -0.274. The Labute approximate surface area is 79.5 Å². The SMILES string of the molecule is CC1CCCC(O)N2CCCN=C12. The summed E-state index contributed by atoms with van der Waals surface area (Å²) in [5.41, 5.74) is 0. The van der Waals surface area contributed by atoms with E-state index >= 15 is 0 Å². The van der Waals surface area contributed by atoms with Crippen LogP contribution in [0.4, 0.5) is 0 Å². The summed E-state index contributed by atoms with van der Waals surface area (Å²) in [5.74, 6) is 1.69. The lowest BCUT2D eigenvalue weighted by Gasteiger charge is -2.33. The Bertz CT molecular complexity index is 215. The molecule has 0 bridgehead atoms. The van der Waals surface area contributed by atoms with Crippen LogP contribution in [-0.2, 0) is 0 Å². The third kappa shape index (κ3) is 1.70. The minimum Gasteiger partial charge on any atom is -0.374 e. The molecule has 3 nitrogen and oxygen atoms in total. The van der Waals surface area contributed by atoms with Crippen molar-refractivity contribution in [3.8, 4) is 0 Å². The zero-order valence-corrected chi connectivity index (χ0v) is 8.24. The number of aliphatic hydroxyl groups is 1. The fourth-order valence-electron chi connectivity index (χ4n) is 2.27. The number of aliphatic hydroxyl groups excluding tert-OH is 1. The van der Waals surface area contributed by atoms with Gasteiger partial charge in [-0.25, -0.2) is 0 Å². The Morgan fingerprint density at radius 3 is 3.08 bits per heavy atom. The number of rotatable bonds is 0. The van der Waals surface area contributed by atoms with Crippen LogP contribution in [0.5, 0.6) is 0 Å². The summed E-state index contributed by atoms with van der Waals surface area (Å²) in [6.07, 6.45) is 4.02. The molecular weight excluding hydrogens is 164 g/mol. The lowest BCUT2D eigenvalue weighted by Crippen LogP contribution is -2.44. The van der Waals surface area contributed by atoms with Crippen molar-refractivity contribution < 1.29 is 5.11 Å². The molecule has 2 aliphatic heterocycles. The number of fused-ring (bicyclic) bond motifs is 1. The van der Waals surface area contributed by atoms with Crippen molar-refractivity contribution >= 4 is 5.84 Å². The van der Waals surface area contributed by atoms with Crippen LogP contribution in [-0.4, -0.2) is 35.2 Å². The Hall–Kier alpha value is -0.570. The second-order valence-corrected chi connectivity index (χ2v) is 4.10. The van der Waals surface area contributed by atoms with Gasteiger partial charge in [0, 0.05) is 19.0 Å². The number of nitrogens with zero attached hydrogens (tertiary/aromatic N) is 2. The lowest BCUT2D eigenvalue weighted by molar-refractivity contribution is 0.0441. The van der Waals surface area contributed by atoms with E-state index in [1.807, 2.05) is 0 Å². The molecule has 0 aromatic carbocycles. The third-order valence-electron chi connectivity index (χ3n) is 3.03. The summed E-state index contributed by atoms with van der Waals surface area (Å²) in [7, 11) is 0. The van der Waals surface area contributed by atoms with Crippen molar-refractivity contribution in [2.24, 2.45) is 10.9 Å². The molecule has 1 fully saturated rings. The molecule has 0 aliphatic carbocycles. The average Bonchev–Trinajstić information content (AvgIpc) is 2.29. The molecule has 1 saturated heterocycles. The number of hydrogen-bond donors (Lipinski definition) is 1. The first-order valence-corrected chi connectivity index (χ1v) is 5.28. The van der Waals surface area contributed by atoms with Gasteiger partial charge in [0.15, 0.2) is 0 Å². The van der Waals surface area contributed by atoms with E-state index in [1.165, 1.54) is 6.42 Å². The predicted octanol–water partition coefficient (Wildman–Crippen LogP) is 1.23. The maximum Gasteiger partial charge on any atom is 0.127 e. The first kappa shape index (κ1) is 9.00. The molecule has 0 saturated carbocycles. The highest BCUT2D eigenvalue weighted by Crippen LogP contribution is 2.24. The lowest BCUT2D eigenvalue weighted by atomic mass is 10.0. The quantitative estimate of drug-likeness (QED) is 0.611. The Balaban J connectivity index is 2.21. The molecule has 3 heteroatoms. The van der Waals surface area contributed by atoms with E-state index in [0.29, 0.717) is 5.92 Å². The summed E-state index contributed by atoms with van der Waals surface area (Å²) in [4.78, 5) is 6.62. The molecule has 1 N–H and O–H groups in total. The van der Waals surface area contributed by atoms with E-state index in [1.54, 1.807) is 0 Å². The second kappa shape index (κ2) is 3.66. The highest BCUT2D eigenvalue weighted by Gasteiger charge is 2.28. The zero-order chi connectivity index (χ0) is 9.26. The van der Waals surface area contributed by atoms with Gasteiger partial charge in [0.1, 0.15) is 12.1 Å². The molecule has 2 heterocycles. The maximum absolute atomic E-state index is 9.85. The van der Waals surface area contributed by atoms with Crippen LogP contribution < -0.4 is 0 Å². The van der Waals surface area contributed by atoms with Crippen LogP contribution >= 0.6 is 0 Å². The Morgan fingerprint density at radius 1 is 1.38 bits per heavy atom. The van der Waals surface area contributed by atoms with E-state index in [0.717, 1.165) is 38.2 Å². The molecule has 2 unspecified atom stereocenters. The topological polar surface area (TPSA) is 35.8 Å². The van der Waals surface area contributed by atoms with Crippen molar-refractivity contribution in [3.63, 3.8) is 0 Å². The fourth-order valence-corrected chi connectivity index (χ4v) is 2.27. The standard InChI is InChI=1S/C10H18N2O/c1-8-4-2-5-9(13)12-7-3-6-11-10(8)12/h8-9,13H,2-7H2,1H3. The van der Waals surface area contributed by atoms with Crippen LogP contribution in [0.15, 0.2) is 4.99 Å². The van der Waals surface area contributed by atoms with Crippen molar-refractivity contribution in [1.29, 1.82) is 0 Å². The second-order valence-electron chi connectivity index (χ2n) is 4.10. The van der Waals surface area contributed by atoms with E-state index in [9.17, 15) is 5.11 Å². The van der Waals surface area contributed by atoms with E-state index in [-0.39, 0.29) is 6.23 Å². The molecule has 0 aromatic heterocycles. The molecule has 2 aliphatic rings. The minimum absolute atomic E-state index is 0.274. The van der Waals surface area contributed by atoms with Crippen LogP contribution in [0.3, 0.4) is 0 Å². The molecule has 74 valence electrons. The average molecular weight is 182 g/mol. The first-order valence-electron chi connectivity index (χ1n) is 5.28. The number of amidine groups is 1. The van der Waals surface area contributed by atoms with Crippen LogP contribution in [0, 0.1) is 5.92 Å². The van der Waals surface area contributed by atoms with Gasteiger partial charge in [-0.05, 0) is 25.7 Å². The van der Waals surface area contributed by atoms with Gasteiger partial charge in [0.05, 0.1) is 0 Å². The summed E-state index contributed by atoms with van der Waals surface area (Å²) in [6.45, 7) is 4.16. The van der Waals surface area contributed by atoms with Gasteiger partial charge in [-0.15, -0.1) is 0 Å².